The van der Waals surface area contributed by atoms with E-state index in [1.54, 1.807) is 0 Å². The maximum atomic E-state index is 13.1. The first-order valence-electron chi connectivity index (χ1n) is 42.8. The number of esters is 4. The molecule has 0 aromatic rings. The van der Waals surface area contributed by atoms with Crippen LogP contribution in [0.15, 0.2) is 0 Å². The molecule has 0 bridgehead atoms. The zero-order chi connectivity index (χ0) is 75.1. The van der Waals surface area contributed by atoms with E-state index in [1.807, 2.05) is 0 Å². The summed E-state index contributed by atoms with van der Waals surface area (Å²) in [5.74, 6) is 0.302. The van der Waals surface area contributed by atoms with E-state index >= 15 is 0 Å². The Hall–Kier alpha value is -1.94. The number of ether oxygens (including phenoxy) is 4. The maximum absolute atomic E-state index is 13.1. The van der Waals surface area contributed by atoms with Crippen LogP contribution in [0.1, 0.15) is 434 Å². The highest BCUT2D eigenvalue weighted by atomic mass is 31.2. The molecule has 0 aromatic heterocycles. The highest BCUT2D eigenvalue weighted by Crippen LogP contribution is 2.45. The lowest BCUT2D eigenvalue weighted by molar-refractivity contribution is -0.161. The van der Waals surface area contributed by atoms with Gasteiger partial charge in [-0.3, -0.25) is 37.3 Å². The van der Waals surface area contributed by atoms with Gasteiger partial charge in [-0.25, -0.2) is 9.13 Å². The van der Waals surface area contributed by atoms with Crippen LogP contribution in [-0.4, -0.2) is 96.7 Å². The molecule has 0 saturated carbocycles. The van der Waals surface area contributed by atoms with Crippen molar-refractivity contribution in [1.82, 2.24) is 0 Å². The smallest absolute Gasteiger partial charge is 0.462 e. The maximum Gasteiger partial charge on any atom is 0.472 e. The van der Waals surface area contributed by atoms with Crippen molar-refractivity contribution in [3.8, 4) is 0 Å². The lowest BCUT2D eigenvalue weighted by atomic mass is 10.0. The third-order valence-corrected chi connectivity index (χ3v) is 21.3. The number of phosphoric ester groups is 2. The van der Waals surface area contributed by atoms with Crippen molar-refractivity contribution in [3.05, 3.63) is 0 Å². The molecule has 102 heavy (non-hydrogen) atoms. The molecular weight excluding hydrogens is 1330 g/mol. The summed E-state index contributed by atoms with van der Waals surface area (Å²) in [6.45, 7) is 12.0. The molecule has 5 atom stereocenters. The van der Waals surface area contributed by atoms with Crippen molar-refractivity contribution in [2.75, 3.05) is 39.6 Å². The molecule has 0 heterocycles. The largest absolute Gasteiger partial charge is 0.472 e. The number of rotatable bonds is 81. The summed E-state index contributed by atoms with van der Waals surface area (Å²) < 4.78 is 68.7. The van der Waals surface area contributed by atoms with Crippen LogP contribution in [-0.2, 0) is 65.4 Å². The topological polar surface area (TPSA) is 237 Å². The summed E-state index contributed by atoms with van der Waals surface area (Å²) >= 11 is 0. The minimum absolute atomic E-state index is 0.108. The number of aliphatic hydroxyl groups is 1. The number of aliphatic hydroxyl groups excluding tert-OH is 1. The summed E-state index contributed by atoms with van der Waals surface area (Å²) in [5.41, 5.74) is 0. The molecule has 0 spiro atoms. The fourth-order valence-corrected chi connectivity index (χ4v) is 14.4. The molecule has 2 unspecified atom stereocenters. The second-order valence-corrected chi connectivity index (χ2v) is 34.2. The number of carbonyl (C=O) groups excluding carboxylic acids is 4. The number of hydrogen-bond acceptors (Lipinski definition) is 15. The minimum Gasteiger partial charge on any atom is -0.462 e. The van der Waals surface area contributed by atoms with Crippen molar-refractivity contribution in [3.63, 3.8) is 0 Å². The highest BCUT2D eigenvalue weighted by molar-refractivity contribution is 7.47. The van der Waals surface area contributed by atoms with Crippen LogP contribution in [0.5, 0.6) is 0 Å². The summed E-state index contributed by atoms with van der Waals surface area (Å²) in [4.78, 5) is 73.0. The van der Waals surface area contributed by atoms with Gasteiger partial charge in [0.1, 0.15) is 19.3 Å². The minimum atomic E-state index is -4.96. The first kappa shape index (κ1) is 100. The van der Waals surface area contributed by atoms with Gasteiger partial charge < -0.3 is 33.8 Å². The Morgan fingerprint density at radius 3 is 0.667 bits per heavy atom. The molecule has 0 aromatic carbocycles. The van der Waals surface area contributed by atoms with Crippen molar-refractivity contribution in [1.29, 1.82) is 0 Å². The van der Waals surface area contributed by atoms with Crippen LogP contribution < -0.4 is 0 Å². The molecule has 0 radical (unpaired) electrons. The predicted molar refractivity (Wildman–Crippen MR) is 418 cm³/mol. The SMILES string of the molecule is CCCCCCCCCCC(=O)OC[C@H](COP(=O)(O)OC[C@H](O)COP(=O)(O)OC[C@@H](COC(=O)CCCCCCCCCCCCCCCCCC(C)C)OC(=O)CCCCCCCCCCCCCCCCCC(C)C)OC(=O)CCCCCCCCCCCCCCCCCC(C)C. The van der Waals surface area contributed by atoms with E-state index in [-0.39, 0.29) is 25.7 Å². The van der Waals surface area contributed by atoms with Crippen molar-refractivity contribution >= 4 is 39.5 Å². The standard InChI is InChI=1S/C83H162O17P2/c1-8-9-10-11-12-43-50-57-64-80(85)93-70-78(99-82(87)66-59-52-45-38-32-26-20-14-17-23-29-35-41-48-55-62-75(4)5)72-97-101(89,90)95-68-77(84)69-96-102(91,92)98-73-79(100-83(88)67-60-53-46-39-33-27-21-15-18-24-30-36-42-49-56-63-76(6)7)71-94-81(86)65-58-51-44-37-31-25-19-13-16-22-28-34-40-47-54-61-74(2)3/h74-79,84H,8-73H2,1-7H3,(H,89,90)(H,91,92)/t77-,78+,79+/m0/s1. The first-order valence-corrected chi connectivity index (χ1v) is 45.8. The molecule has 0 aliphatic carbocycles. The zero-order valence-electron chi connectivity index (χ0n) is 67.1. The summed E-state index contributed by atoms with van der Waals surface area (Å²) in [5, 5.41) is 10.6. The second kappa shape index (κ2) is 73.2. The predicted octanol–water partition coefficient (Wildman–Crippen LogP) is 24.9. The van der Waals surface area contributed by atoms with Crippen LogP contribution in [0.4, 0.5) is 0 Å². The van der Waals surface area contributed by atoms with E-state index in [0.717, 1.165) is 114 Å². The molecule has 0 rings (SSSR count). The Bertz CT molecular complexity index is 1970. The molecule has 0 aliphatic rings. The Balaban J connectivity index is 5.20. The average Bonchev–Trinajstić information content (AvgIpc) is 0.912. The fourth-order valence-electron chi connectivity index (χ4n) is 12.8. The summed E-state index contributed by atoms with van der Waals surface area (Å²) in [6, 6.07) is 0. The van der Waals surface area contributed by atoms with E-state index < -0.39 is 97.5 Å². The molecule has 0 fully saturated rings. The first-order chi connectivity index (χ1) is 49.2. The van der Waals surface area contributed by atoms with Crippen molar-refractivity contribution in [2.45, 2.75) is 452 Å². The number of unbranched alkanes of at least 4 members (excludes halogenated alkanes) is 49. The van der Waals surface area contributed by atoms with Crippen LogP contribution in [0.3, 0.4) is 0 Å². The second-order valence-electron chi connectivity index (χ2n) is 31.3. The normalized spacial score (nSPS) is 13.9. The third-order valence-electron chi connectivity index (χ3n) is 19.4. The van der Waals surface area contributed by atoms with Gasteiger partial charge in [-0.2, -0.15) is 0 Å². The number of carbonyl (C=O) groups is 4. The monoisotopic (exact) mass is 1490 g/mol. The zero-order valence-corrected chi connectivity index (χ0v) is 68.9. The number of phosphoric acid groups is 2. The highest BCUT2D eigenvalue weighted by Gasteiger charge is 2.30. The Morgan fingerprint density at radius 2 is 0.451 bits per heavy atom. The molecule has 19 heteroatoms. The fraction of sp³-hybridized carbons (Fsp3) is 0.952. The molecule has 3 N–H and O–H groups in total. The van der Waals surface area contributed by atoms with Crippen molar-refractivity contribution in [2.24, 2.45) is 17.8 Å². The average molecular weight is 1490 g/mol. The van der Waals surface area contributed by atoms with Gasteiger partial charge in [0.15, 0.2) is 12.2 Å². The summed E-state index contributed by atoms with van der Waals surface area (Å²) in [7, 11) is -9.92. The van der Waals surface area contributed by atoms with Gasteiger partial charge in [-0.1, -0.05) is 382 Å². The van der Waals surface area contributed by atoms with E-state index in [2.05, 4.69) is 48.5 Å². The lowest BCUT2D eigenvalue weighted by Gasteiger charge is -2.21. The third kappa shape index (κ3) is 76.3. The van der Waals surface area contributed by atoms with Crippen LogP contribution in [0, 0.1) is 17.8 Å². The van der Waals surface area contributed by atoms with E-state index in [9.17, 15) is 43.2 Å². The number of hydrogen-bond donors (Lipinski definition) is 3. The van der Waals surface area contributed by atoms with Gasteiger partial charge in [0.25, 0.3) is 0 Å². The van der Waals surface area contributed by atoms with Gasteiger partial charge in [0, 0.05) is 25.7 Å². The lowest BCUT2D eigenvalue weighted by Crippen LogP contribution is -2.30. The van der Waals surface area contributed by atoms with Gasteiger partial charge >= 0.3 is 39.5 Å². The van der Waals surface area contributed by atoms with E-state index in [0.29, 0.717) is 25.7 Å². The van der Waals surface area contributed by atoms with Gasteiger partial charge in [0.05, 0.1) is 26.4 Å². The molecule has 606 valence electrons. The molecule has 0 aliphatic heterocycles. The van der Waals surface area contributed by atoms with Gasteiger partial charge in [0.2, 0.25) is 0 Å². The van der Waals surface area contributed by atoms with Crippen LogP contribution in [0.25, 0.3) is 0 Å². The van der Waals surface area contributed by atoms with E-state index in [1.165, 1.54) is 238 Å². The van der Waals surface area contributed by atoms with Gasteiger partial charge in [-0.05, 0) is 43.4 Å². The Morgan fingerprint density at radius 1 is 0.265 bits per heavy atom. The molecule has 0 amide bonds. The summed E-state index contributed by atoms with van der Waals surface area (Å²) in [6.07, 6.45) is 62.5. The Labute approximate surface area is 626 Å². The van der Waals surface area contributed by atoms with E-state index in [4.69, 9.17) is 37.0 Å². The Kier molecular flexibility index (Phi) is 71.8. The van der Waals surface area contributed by atoms with Crippen LogP contribution in [0.2, 0.25) is 0 Å². The van der Waals surface area contributed by atoms with Crippen molar-refractivity contribution < 1.29 is 80.2 Å². The van der Waals surface area contributed by atoms with Crippen LogP contribution >= 0.6 is 15.6 Å². The van der Waals surface area contributed by atoms with Gasteiger partial charge in [-0.15, -0.1) is 0 Å². The molecular formula is C83H162O17P2. The molecule has 0 saturated heterocycles. The quantitative estimate of drug-likeness (QED) is 0.0222. The molecule has 17 nitrogen and oxygen atoms in total.